The molecule has 4 heteroatoms. The third-order valence-electron chi connectivity index (χ3n) is 2.42. The second-order valence-electron chi connectivity index (χ2n) is 3.79. The van der Waals surface area contributed by atoms with E-state index in [4.69, 9.17) is 4.74 Å². The van der Waals surface area contributed by atoms with Crippen molar-refractivity contribution in [3.63, 3.8) is 0 Å². The van der Waals surface area contributed by atoms with Gasteiger partial charge in [-0.25, -0.2) is 0 Å². The van der Waals surface area contributed by atoms with Crippen molar-refractivity contribution in [2.75, 3.05) is 26.8 Å². The molecule has 0 saturated heterocycles. The van der Waals surface area contributed by atoms with Gasteiger partial charge < -0.3 is 15.2 Å². The summed E-state index contributed by atoms with van der Waals surface area (Å²) < 4.78 is 5.20. The molecule has 0 fully saturated rings. The van der Waals surface area contributed by atoms with E-state index in [1.54, 1.807) is 0 Å². The number of aliphatic hydroxyl groups is 1. The van der Waals surface area contributed by atoms with Crippen molar-refractivity contribution >= 4 is 0 Å². The topological polar surface area (TPSA) is 53.5 Å². The summed E-state index contributed by atoms with van der Waals surface area (Å²) in [5, 5.41) is 15.8. The minimum atomic E-state index is -0.387. The lowest BCUT2D eigenvalue weighted by atomic mass is 10.1. The van der Waals surface area contributed by atoms with Crippen molar-refractivity contribution in [3.05, 3.63) is 0 Å². The fourth-order valence-electron chi connectivity index (χ4n) is 1.24. The lowest BCUT2D eigenvalue weighted by Crippen LogP contribution is -2.32. The van der Waals surface area contributed by atoms with Crippen molar-refractivity contribution in [1.29, 1.82) is 0 Å². The van der Waals surface area contributed by atoms with Gasteiger partial charge in [-0.2, -0.15) is 0 Å². The highest BCUT2D eigenvalue weighted by Crippen LogP contribution is 1.98. The maximum atomic E-state index is 9.57. The van der Waals surface area contributed by atoms with E-state index in [-0.39, 0.29) is 6.23 Å². The second kappa shape index (κ2) is 10.4. The molecule has 0 aromatic carbocycles. The van der Waals surface area contributed by atoms with Gasteiger partial charge in [-0.05, 0) is 46.7 Å². The Balaban J connectivity index is 3.21. The Kier molecular flexibility index (Phi) is 10.3. The zero-order valence-electron chi connectivity index (χ0n) is 10.3. The lowest BCUT2D eigenvalue weighted by Gasteiger charge is -2.15. The molecule has 0 rings (SSSR count). The van der Waals surface area contributed by atoms with Gasteiger partial charge in [-0.3, -0.25) is 5.32 Å². The molecule has 92 valence electrons. The Labute approximate surface area is 93.4 Å². The van der Waals surface area contributed by atoms with Gasteiger partial charge >= 0.3 is 0 Å². The van der Waals surface area contributed by atoms with E-state index < -0.39 is 0 Å². The van der Waals surface area contributed by atoms with Crippen molar-refractivity contribution in [3.8, 4) is 0 Å². The zero-order chi connectivity index (χ0) is 11.5. The third-order valence-corrected chi connectivity index (χ3v) is 2.42. The van der Waals surface area contributed by atoms with Gasteiger partial charge in [0.2, 0.25) is 0 Å². The van der Waals surface area contributed by atoms with E-state index in [1.807, 2.05) is 14.0 Å². The number of hydrogen-bond donors (Lipinski definition) is 3. The van der Waals surface area contributed by atoms with Gasteiger partial charge in [-0.1, -0.05) is 0 Å². The standard InChI is InChI=1S/C11H26N2O2/c1-4-15-9-5-8-13-11(14)7-6-10(2)12-3/h10-14H,4-9H2,1-3H3. The average Bonchev–Trinajstić information content (AvgIpc) is 2.25. The zero-order valence-corrected chi connectivity index (χ0v) is 10.3. The summed E-state index contributed by atoms with van der Waals surface area (Å²) >= 11 is 0. The Morgan fingerprint density at radius 1 is 1.33 bits per heavy atom. The van der Waals surface area contributed by atoms with Gasteiger partial charge in [0.1, 0.15) is 6.23 Å². The number of nitrogens with one attached hydrogen (secondary N) is 2. The fourth-order valence-corrected chi connectivity index (χ4v) is 1.24. The van der Waals surface area contributed by atoms with E-state index in [2.05, 4.69) is 17.6 Å². The molecule has 0 amide bonds. The summed E-state index contributed by atoms with van der Waals surface area (Å²) in [5.41, 5.74) is 0. The molecule has 0 aromatic rings. The van der Waals surface area contributed by atoms with Gasteiger partial charge in [0, 0.05) is 19.3 Å². The van der Waals surface area contributed by atoms with Crippen molar-refractivity contribution in [2.45, 2.75) is 45.4 Å². The molecule has 0 radical (unpaired) electrons. The second-order valence-corrected chi connectivity index (χ2v) is 3.79. The number of aliphatic hydroxyl groups excluding tert-OH is 1. The molecule has 2 atom stereocenters. The highest BCUT2D eigenvalue weighted by Gasteiger charge is 2.05. The lowest BCUT2D eigenvalue weighted by molar-refractivity contribution is 0.110. The summed E-state index contributed by atoms with van der Waals surface area (Å²) in [5.74, 6) is 0. The van der Waals surface area contributed by atoms with Crippen molar-refractivity contribution in [2.24, 2.45) is 0 Å². The van der Waals surface area contributed by atoms with Crippen LogP contribution in [0.2, 0.25) is 0 Å². The maximum absolute atomic E-state index is 9.57. The molecule has 0 heterocycles. The highest BCUT2D eigenvalue weighted by molar-refractivity contribution is 4.61. The van der Waals surface area contributed by atoms with Crippen LogP contribution in [0.5, 0.6) is 0 Å². The molecule has 2 unspecified atom stereocenters. The first kappa shape index (κ1) is 14.8. The molecule has 0 aliphatic carbocycles. The molecule has 0 bridgehead atoms. The SMILES string of the molecule is CCOCCCNC(O)CCC(C)NC. The summed E-state index contributed by atoms with van der Waals surface area (Å²) in [6, 6.07) is 0.463. The monoisotopic (exact) mass is 218 g/mol. The maximum Gasteiger partial charge on any atom is 0.104 e. The summed E-state index contributed by atoms with van der Waals surface area (Å²) in [7, 11) is 1.94. The van der Waals surface area contributed by atoms with Crippen LogP contribution in [0.15, 0.2) is 0 Å². The van der Waals surface area contributed by atoms with Crippen LogP contribution in [0, 0.1) is 0 Å². The molecule has 4 nitrogen and oxygen atoms in total. The van der Waals surface area contributed by atoms with Gasteiger partial charge in [0.15, 0.2) is 0 Å². The largest absolute Gasteiger partial charge is 0.382 e. The van der Waals surface area contributed by atoms with E-state index in [1.165, 1.54) is 0 Å². The van der Waals surface area contributed by atoms with Crippen LogP contribution in [0.3, 0.4) is 0 Å². The van der Waals surface area contributed by atoms with E-state index >= 15 is 0 Å². The Hall–Kier alpha value is -0.160. The minimum Gasteiger partial charge on any atom is -0.382 e. The number of ether oxygens (including phenoxy) is 1. The van der Waals surface area contributed by atoms with Crippen molar-refractivity contribution in [1.82, 2.24) is 10.6 Å². The molecule has 0 spiro atoms. The Morgan fingerprint density at radius 3 is 2.67 bits per heavy atom. The minimum absolute atomic E-state index is 0.387. The molecule has 0 aliphatic rings. The molecule has 3 N–H and O–H groups in total. The normalized spacial score (nSPS) is 15.2. The van der Waals surface area contributed by atoms with Crippen LogP contribution >= 0.6 is 0 Å². The molecular weight excluding hydrogens is 192 g/mol. The highest BCUT2D eigenvalue weighted by atomic mass is 16.5. The Morgan fingerprint density at radius 2 is 2.07 bits per heavy atom. The van der Waals surface area contributed by atoms with Gasteiger partial charge in [-0.15, -0.1) is 0 Å². The molecular formula is C11H26N2O2. The number of rotatable bonds is 10. The van der Waals surface area contributed by atoms with E-state index in [0.29, 0.717) is 6.04 Å². The van der Waals surface area contributed by atoms with Crippen LogP contribution in [0.25, 0.3) is 0 Å². The smallest absolute Gasteiger partial charge is 0.104 e. The first-order valence-corrected chi connectivity index (χ1v) is 5.87. The van der Waals surface area contributed by atoms with E-state index in [9.17, 15) is 5.11 Å². The molecule has 0 aromatic heterocycles. The summed E-state index contributed by atoms with van der Waals surface area (Å²) in [6.07, 6.45) is 2.33. The van der Waals surface area contributed by atoms with Crippen LogP contribution in [-0.4, -0.2) is 44.2 Å². The fraction of sp³-hybridized carbons (Fsp3) is 1.00. The molecule has 15 heavy (non-hydrogen) atoms. The molecule has 0 saturated carbocycles. The summed E-state index contributed by atoms with van der Waals surface area (Å²) in [6.45, 7) is 6.45. The third kappa shape index (κ3) is 10.1. The quantitative estimate of drug-likeness (QED) is 0.373. The van der Waals surface area contributed by atoms with Crippen LogP contribution in [-0.2, 0) is 4.74 Å². The first-order chi connectivity index (χ1) is 7.20. The first-order valence-electron chi connectivity index (χ1n) is 5.87. The predicted molar refractivity (Wildman–Crippen MR) is 62.9 cm³/mol. The van der Waals surface area contributed by atoms with Crippen LogP contribution < -0.4 is 10.6 Å². The van der Waals surface area contributed by atoms with E-state index in [0.717, 1.165) is 39.0 Å². The van der Waals surface area contributed by atoms with Crippen LogP contribution in [0.4, 0.5) is 0 Å². The average molecular weight is 218 g/mol. The summed E-state index contributed by atoms with van der Waals surface area (Å²) in [4.78, 5) is 0. The van der Waals surface area contributed by atoms with Gasteiger partial charge in [0.25, 0.3) is 0 Å². The van der Waals surface area contributed by atoms with Crippen molar-refractivity contribution < 1.29 is 9.84 Å². The Bertz CT molecular complexity index is 134. The van der Waals surface area contributed by atoms with Gasteiger partial charge in [0.05, 0.1) is 0 Å². The number of hydrogen-bond acceptors (Lipinski definition) is 4. The molecule has 0 aliphatic heterocycles. The van der Waals surface area contributed by atoms with Crippen LogP contribution in [0.1, 0.15) is 33.1 Å². The predicted octanol–water partition coefficient (Wildman–Crippen LogP) is 0.709.